The fourth-order valence-corrected chi connectivity index (χ4v) is 2.42. The van der Waals surface area contributed by atoms with Crippen LogP contribution < -0.4 is 0 Å². The lowest BCUT2D eigenvalue weighted by atomic mass is 10.0. The van der Waals surface area contributed by atoms with Crippen molar-refractivity contribution in [3.63, 3.8) is 0 Å². The van der Waals surface area contributed by atoms with Gasteiger partial charge in [-0.25, -0.2) is 0 Å². The van der Waals surface area contributed by atoms with E-state index in [9.17, 15) is 0 Å². The van der Waals surface area contributed by atoms with E-state index in [1.54, 1.807) is 0 Å². The highest BCUT2D eigenvalue weighted by Crippen LogP contribution is 2.24. The van der Waals surface area contributed by atoms with Crippen LogP contribution in [0.4, 0.5) is 0 Å². The zero-order chi connectivity index (χ0) is 11.9. The molecule has 84 valence electrons. The summed E-state index contributed by atoms with van der Waals surface area (Å²) in [5.41, 5.74) is 4.96. The Morgan fingerprint density at radius 3 is 1.76 bits per heavy atom. The Kier molecular flexibility index (Phi) is 4.15. The van der Waals surface area contributed by atoms with Crippen LogP contribution in [0.5, 0.6) is 0 Å². The third kappa shape index (κ3) is 3.07. The molecular formula is C15H14OSi. The topological polar surface area (TPSA) is 9.23 Å². The van der Waals surface area contributed by atoms with Crippen LogP contribution in [0, 0.1) is 12.0 Å². The highest BCUT2D eigenvalue weighted by atomic mass is 28.2. The van der Waals surface area contributed by atoms with Crippen LogP contribution >= 0.6 is 0 Å². The molecule has 0 aromatic heterocycles. The van der Waals surface area contributed by atoms with E-state index in [-0.39, 0.29) is 6.10 Å². The van der Waals surface area contributed by atoms with Crippen LogP contribution in [0.15, 0.2) is 60.7 Å². The largest absolute Gasteiger partial charge is 0.400 e. The molecule has 2 aromatic carbocycles. The van der Waals surface area contributed by atoms with Crippen molar-refractivity contribution < 1.29 is 4.43 Å². The lowest BCUT2D eigenvalue weighted by molar-refractivity contribution is 0.266. The van der Waals surface area contributed by atoms with Gasteiger partial charge in [0.15, 0.2) is 0 Å². The molecule has 0 unspecified atom stereocenters. The van der Waals surface area contributed by atoms with Crippen molar-refractivity contribution in [2.24, 2.45) is 0 Å². The zero-order valence-electron chi connectivity index (χ0n) is 9.54. The summed E-state index contributed by atoms with van der Waals surface area (Å²) in [5.74, 6) is 0. The number of benzene rings is 2. The van der Waals surface area contributed by atoms with Crippen molar-refractivity contribution in [3.05, 3.63) is 71.8 Å². The third-order valence-corrected chi connectivity index (χ3v) is 3.20. The van der Waals surface area contributed by atoms with E-state index >= 15 is 0 Å². The van der Waals surface area contributed by atoms with Gasteiger partial charge in [-0.3, -0.25) is 0 Å². The highest BCUT2D eigenvalue weighted by Gasteiger charge is 2.12. The number of hydrogen-bond donors (Lipinski definition) is 0. The molecule has 2 heteroatoms. The molecule has 0 atom stereocenters. The third-order valence-electron chi connectivity index (χ3n) is 2.54. The van der Waals surface area contributed by atoms with Crippen LogP contribution in [0.2, 0.25) is 0 Å². The Hall–Kier alpha value is -1.82. The second kappa shape index (κ2) is 6.05. The van der Waals surface area contributed by atoms with Crippen molar-refractivity contribution in [2.75, 3.05) is 0 Å². The van der Waals surface area contributed by atoms with Gasteiger partial charge in [-0.2, -0.15) is 0 Å². The standard InChI is InChI=1S/C15H14OSi/c1-2-17-16-15(13-9-5-3-6-10-13)14-11-7-4-8-12-14/h1,3-12,15H,17H2. The predicted octanol–water partition coefficient (Wildman–Crippen LogP) is 2.47. The second-order valence-corrected chi connectivity index (χ2v) is 4.75. The molecule has 17 heavy (non-hydrogen) atoms. The van der Waals surface area contributed by atoms with Gasteiger partial charge >= 0.3 is 0 Å². The maximum atomic E-state index is 5.87. The zero-order valence-corrected chi connectivity index (χ0v) is 11.0. The van der Waals surface area contributed by atoms with Crippen LogP contribution in [0.1, 0.15) is 17.2 Å². The molecule has 0 saturated carbocycles. The average molecular weight is 238 g/mol. The first-order valence-electron chi connectivity index (χ1n) is 5.57. The number of hydrogen-bond acceptors (Lipinski definition) is 1. The molecule has 2 rings (SSSR count). The highest BCUT2D eigenvalue weighted by molar-refractivity contribution is 6.38. The number of terminal acetylenes is 1. The minimum absolute atomic E-state index is 0.0277. The summed E-state index contributed by atoms with van der Waals surface area (Å²) in [7, 11) is -0.886. The monoisotopic (exact) mass is 238 g/mol. The smallest absolute Gasteiger partial charge is 0.241 e. The van der Waals surface area contributed by atoms with Crippen LogP contribution in [-0.2, 0) is 4.43 Å². The summed E-state index contributed by atoms with van der Waals surface area (Å²) in [6.45, 7) is 0. The molecule has 0 aliphatic carbocycles. The predicted molar refractivity (Wildman–Crippen MR) is 73.2 cm³/mol. The van der Waals surface area contributed by atoms with Crippen LogP contribution in [-0.4, -0.2) is 9.76 Å². The molecule has 0 aliphatic rings. The molecule has 0 saturated heterocycles. The lowest BCUT2D eigenvalue weighted by Crippen LogP contribution is -2.08. The molecule has 0 spiro atoms. The van der Waals surface area contributed by atoms with E-state index in [1.165, 1.54) is 0 Å². The van der Waals surface area contributed by atoms with E-state index in [0.717, 1.165) is 11.1 Å². The van der Waals surface area contributed by atoms with Crippen molar-refractivity contribution in [3.8, 4) is 12.0 Å². The summed E-state index contributed by atoms with van der Waals surface area (Å²) >= 11 is 0. The average Bonchev–Trinajstić information content (AvgIpc) is 2.42. The van der Waals surface area contributed by atoms with Gasteiger partial charge in [0.2, 0.25) is 9.76 Å². The van der Waals surface area contributed by atoms with Crippen molar-refractivity contribution in [1.82, 2.24) is 0 Å². The Bertz CT molecular complexity index is 448. The molecule has 0 aliphatic heterocycles. The minimum atomic E-state index is -0.886. The minimum Gasteiger partial charge on any atom is -0.400 e. The van der Waals surface area contributed by atoms with Crippen LogP contribution in [0.25, 0.3) is 0 Å². The van der Waals surface area contributed by atoms with Crippen molar-refractivity contribution in [1.29, 1.82) is 0 Å². The molecule has 0 fully saturated rings. The summed E-state index contributed by atoms with van der Waals surface area (Å²) in [6, 6.07) is 20.4. The fraction of sp³-hybridized carbons (Fsp3) is 0.0667. The Balaban J connectivity index is 2.30. The Labute approximate surface area is 104 Å². The van der Waals surface area contributed by atoms with E-state index in [1.807, 2.05) is 36.4 Å². The molecular weight excluding hydrogens is 224 g/mol. The van der Waals surface area contributed by atoms with Crippen molar-refractivity contribution in [2.45, 2.75) is 6.10 Å². The van der Waals surface area contributed by atoms with Gasteiger partial charge in [-0.05, 0) is 11.1 Å². The molecule has 0 radical (unpaired) electrons. The first kappa shape index (κ1) is 11.7. The van der Waals surface area contributed by atoms with Crippen LogP contribution in [0.3, 0.4) is 0 Å². The van der Waals surface area contributed by atoms with Gasteiger partial charge in [0, 0.05) is 0 Å². The summed E-state index contributed by atoms with van der Waals surface area (Å²) in [5, 5.41) is 0. The van der Waals surface area contributed by atoms with Gasteiger partial charge in [-0.1, -0.05) is 60.7 Å². The molecule has 0 N–H and O–H groups in total. The summed E-state index contributed by atoms with van der Waals surface area (Å²) < 4.78 is 5.87. The molecule has 0 bridgehead atoms. The molecule has 1 nitrogen and oxygen atoms in total. The Morgan fingerprint density at radius 2 is 1.35 bits per heavy atom. The Morgan fingerprint density at radius 1 is 0.882 bits per heavy atom. The van der Waals surface area contributed by atoms with E-state index in [0.29, 0.717) is 0 Å². The van der Waals surface area contributed by atoms with Gasteiger partial charge < -0.3 is 4.43 Å². The van der Waals surface area contributed by atoms with E-state index in [2.05, 4.69) is 29.8 Å². The first-order valence-corrected chi connectivity index (χ1v) is 6.85. The van der Waals surface area contributed by atoms with Gasteiger partial charge in [-0.15, -0.1) is 12.0 Å². The SMILES string of the molecule is C#C[SiH2]OC(c1ccccc1)c1ccccc1. The van der Waals surface area contributed by atoms with Gasteiger partial charge in [0.05, 0.1) is 6.10 Å². The van der Waals surface area contributed by atoms with E-state index in [4.69, 9.17) is 10.8 Å². The summed E-state index contributed by atoms with van der Waals surface area (Å²) in [6.07, 6.45) is 5.29. The molecule has 2 aromatic rings. The molecule has 0 amide bonds. The van der Waals surface area contributed by atoms with Gasteiger partial charge in [0.25, 0.3) is 0 Å². The lowest BCUT2D eigenvalue weighted by Gasteiger charge is -2.17. The molecule has 0 heterocycles. The number of rotatable bonds is 4. The first-order chi connectivity index (χ1) is 8.42. The fourth-order valence-electron chi connectivity index (χ4n) is 1.77. The summed E-state index contributed by atoms with van der Waals surface area (Å²) in [4.78, 5) is 0. The maximum Gasteiger partial charge on any atom is 0.241 e. The quantitative estimate of drug-likeness (QED) is 0.587. The van der Waals surface area contributed by atoms with E-state index < -0.39 is 9.76 Å². The van der Waals surface area contributed by atoms with Crippen molar-refractivity contribution >= 4 is 9.76 Å². The van der Waals surface area contributed by atoms with Gasteiger partial charge in [0.1, 0.15) is 0 Å². The second-order valence-electron chi connectivity index (χ2n) is 3.72. The maximum absolute atomic E-state index is 5.87. The normalized spacial score (nSPS) is 10.8.